The van der Waals surface area contributed by atoms with E-state index < -0.39 is 0 Å². The van der Waals surface area contributed by atoms with Gasteiger partial charge in [0.15, 0.2) is 0 Å². The maximum atomic E-state index is 12.0. The molecule has 1 N–H and O–H groups in total. The van der Waals surface area contributed by atoms with Crippen molar-refractivity contribution in [2.24, 2.45) is 0 Å². The van der Waals surface area contributed by atoms with Crippen molar-refractivity contribution in [2.45, 2.75) is 24.8 Å². The molecule has 2 aromatic rings. The van der Waals surface area contributed by atoms with E-state index in [-0.39, 0.29) is 5.91 Å². The van der Waals surface area contributed by atoms with Crippen LogP contribution in [0.4, 0.5) is 5.82 Å². The average Bonchev–Trinajstić information content (AvgIpc) is 2.69. The molecule has 27 heavy (non-hydrogen) atoms. The number of hydrogen-bond acceptors (Lipinski definition) is 5. The Morgan fingerprint density at radius 3 is 2.52 bits per heavy atom. The molecule has 0 spiro atoms. The van der Waals surface area contributed by atoms with Crippen molar-refractivity contribution in [3.63, 3.8) is 0 Å². The summed E-state index contributed by atoms with van der Waals surface area (Å²) < 4.78 is 0. The molecule has 3 rings (SSSR count). The number of nitrogens with one attached hydrogen (secondary N) is 1. The highest BCUT2D eigenvalue weighted by Gasteiger charge is 2.14. The van der Waals surface area contributed by atoms with Crippen molar-refractivity contribution < 1.29 is 4.79 Å². The molecule has 1 aliphatic heterocycles. The lowest BCUT2D eigenvalue weighted by Crippen LogP contribution is -2.44. The minimum absolute atomic E-state index is 0.0813. The van der Waals surface area contributed by atoms with Crippen molar-refractivity contribution in [1.29, 1.82) is 0 Å². The molecule has 144 valence electrons. The Kier molecular flexibility index (Phi) is 7.12. The zero-order valence-corrected chi connectivity index (χ0v) is 17.0. The molecule has 1 saturated heterocycles. The normalized spacial score (nSPS) is 15.0. The van der Waals surface area contributed by atoms with Gasteiger partial charge in [-0.3, -0.25) is 4.79 Å². The van der Waals surface area contributed by atoms with Crippen LogP contribution in [0.15, 0.2) is 47.5 Å². The predicted octanol–water partition coefficient (Wildman–Crippen LogP) is 2.94. The molecule has 0 unspecified atom stereocenters. The molecular formula is C21H28N4OS. The zero-order valence-electron chi connectivity index (χ0n) is 16.1. The quantitative estimate of drug-likeness (QED) is 0.744. The number of thioether (sulfide) groups is 1. The van der Waals surface area contributed by atoms with Crippen LogP contribution in [-0.4, -0.2) is 54.8 Å². The van der Waals surface area contributed by atoms with Crippen LogP contribution in [0.2, 0.25) is 0 Å². The van der Waals surface area contributed by atoms with Gasteiger partial charge < -0.3 is 15.1 Å². The highest BCUT2D eigenvalue weighted by molar-refractivity contribution is 7.99. The van der Waals surface area contributed by atoms with Gasteiger partial charge >= 0.3 is 0 Å². The molecule has 1 aliphatic rings. The number of nitrogens with zero attached hydrogens (tertiary/aromatic N) is 3. The SMILES string of the molecule is Cc1ccc(SCCC(=O)NCc2ccc(N3CCN(C)CC3)nc2)cc1. The number of carbonyl (C=O) groups is 1. The van der Waals surface area contributed by atoms with E-state index in [1.54, 1.807) is 11.8 Å². The minimum atomic E-state index is 0.0813. The predicted molar refractivity (Wildman–Crippen MR) is 112 cm³/mol. The van der Waals surface area contributed by atoms with Gasteiger partial charge in [-0.15, -0.1) is 11.8 Å². The fourth-order valence-electron chi connectivity index (χ4n) is 2.93. The fraction of sp³-hybridized carbons (Fsp3) is 0.429. The molecule has 1 fully saturated rings. The number of aryl methyl sites for hydroxylation is 1. The van der Waals surface area contributed by atoms with Crippen LogP contribution in [0.25, 0.3) is 0 Å². The number of aromatic nitrogens is 1. The van der Waals surface area contributed by atoms with Gasteiger partial charge in [0.25, 0.3) is 0 Å². The zero-order chi connectivity index (χ0) is 19.1. The second kappa shape index (κ2) is 9.76. The van der Waals surface area contributed by atoms with Crippen molar-refractivity contribution in [2.75, 3.05) is 43.9 Å². The Morgan fingerprint density at radius 1 is 1.11 bits per heavy atom. The monoisotopic (exact) mass is 384 g/mol. The highest BCUT2D eigenvalue weighted by atomic mass is 32.2. The fourth-order valence-corrected chi connectivity index (χ4v) is 3.78. The Hall–Kier alpha value is -2.05. The molecule has 1 aromatic heterocycles. The van der Waals surface area contributed by atoms with Crippen molar-refractivity contribution >= 4 is 23.5 Å². The van der Waals surface area contributed by atoms with Crippen LogP contribution in [-0.2, 0) is 11.3 Å². The summed E-state index contributed by atoms with van der Waals surface area (Å²) in [6, 6.07) is 12.5. The van der Waals surface area contributed by atoms with Crippen LogP contribution >= 0.6 is 11.8 Å². The average molecular weight is 385 g/mol. The number of benzene rings is 1. The maximum absolute atomic E-state index is 12.0. The topological polar surface area (TPSA) is 48.5 Å². The van der Waals surface area contributed by atoms with Gasteiger partial charge in [-0.25, -0.2) is 4.98 Å². The largest absolute Gasteiger partial charge is 0.354 e. The maximum Gasteiger partial charge on any atom is 0.221 e. The number of likely N-dealkylation sites (N-methyl/N-ethyl adjacent to an activating group) is 1. The summed E-state index contributed by atoms with van der Waals surface area (Å²) in [5.41, 5.74) is 2.29. The van der Waals surface area contributed by atoms with Crippen molar-refractivity contribution in [3.8, 4) is 0 Å². The molecule has 6 heteroatoms. The second-order valence-corrected chi connectivity index (χ2v) is 8.17. The van der Waals surface area contributed by atoms with Crippen LogP contribution in [0.1, 0.15) is 17.5 Å². The van der Waals surface area contributed by atoms with Gasteiger partial charge in [-0.05, 0) is 37.7 Å². The Morgan fingerprint density at radius 2 is 1.85 bits per heavy atom. The number of piperazine rings is 1. The van der Waals surface area contributed by atoms with Gasteiger partial charge in [0.2, 0.25) is 5.91 Å². The molecule has 5 nitrogen and oxygen atoms in total. The van der Waals surface area contributed by atoms with E-state index in [1.807, 2.05) is 6.20 Å². The summed E-state index contributed by atoms with van der Waals surface area (Å²) in [6.07, 6.45) is 2.39. The number of pyridine rings is 1. The van der Waals surface area contributed by atoms with Crippen LogP contribution in [0.5, 0.6) is 0 Å². The summed E-state index contributed by atoms with van der Waals surface area (Å²) >= 11 is 1.71. The molecule has 2 heterocycles. The summed E-state index contributed by atoms with van der Waals surface area (Å²) in [4.78, 5) is 22.5. The number of anilines is 1. The third-order valence-electron chi connectivity index (χ3n) is 4.74. The first-order chi connectivity index (χ1) is 13.1. The van der Waals surface area contributed by atoms with Gasteiger partial charge in [0.05, 0.1) is 0 Å². The van der Waals surface area contributed by atoms with Gasteiger partial charge in [-0.1, -0.05) is 23.8 Å². The number of rotatable bonds is 7. The third-order valence-corrected chi connectivity index (χ3v) is 5.76. The van der Waals surface area contributed by atoms with E-state index in [4.69, 9.17) is 0 Å². The molecule has 0 aliphatic carbocycles. The van der Waals surface area contributed by atoms with E-state index in [2.05, 4.69) is 70.5 Å². The van der Waals surface area contributed by atoms with E-state index in [0.29, 0.717) is 13.0 Å². The summed E-state index contributed by atoms with van der Waals surface area (Å²) in [5.74, 6) is 1.89. The first kappa shape index (κ1) is 19.7. The van der Waals surface area contributed by atoms with Gasteiger partial charge in [0.1, 0.15) is 5.82 Å². The molecular weight excluding hydrogens is 356 g/mol. The molecule has 0 atom stereocenters. The Bertz CT molecular complexity index is 725. The van der Waals surface area contributed by atoms with E-state index >= 15 is 0 Å². The lowest BCUT2D eigenvalue weighted by atomic mass is 10.2. The van der Waals surface area contributed by atoms with E-state index in [9.17, 15) is 4.79 Å². The number of hydrogen-bond donors (Lipinski definition) is 1. The van der Waals surface area contributed by atoms with Crippen molar-refractivity contribution in [3.05, 3.63) is 53.7 Å². The van der Waals surface area contributed by atoms with Gasteiger partial charge in [0, 0.05) is 56.0 Å². The molecule has 0 radical (unpaired) electrons. The molecule has 1 aromatic carbocycles. The number of amides is 1. The highest BCUT2D eigenvalue weighted by Crippen LogP contribution is 2.19. The number of carbonyl (C=O) groups excluding carboxylic acids is 1. The molecule has 1 amide bonds. The Labute approximate surface area is 166 Å². The van der Waals surface area contributed by atoms with Gasteiger partial charge in [-0.2, -0.15) is 0 Å². The summed E-state index contributed by atoms with van der Waals surface area (Å²) in [5, 5.41) is 2.99. The minimum Gasteiger partial charge on any atom is -0.354 e. The van der Waals surface area contributed by atoms with Crippen LogP contribution < -0.4 is 10.2 Å². The molecule has 0 saturated carbocycles. The second-order valence-electron chi connectivity index (χ2n) is 7.00. The Balaban J connectivity index is 1.37. The van der Waals surface area contributed by atoms with Crippen molar-refractivity contribution in [1.82, 2.24) is 15.2 Å². The van der Waals surface area contributed by atoms with E-state index in [0.717, 1.165) is 43.3 Å². The van der Waals surface area contributed by atoms with E-state index in [1.165, 1.54) is 10.5 Å². The lowest BCUT2D eigenvalue weighted by Gasteiger charge is -2.33. The third kappa shape index (κ3) is 6.26. The lowest BCUT2D eigenvalue weighted by molar-refractivity contribution is -0.120. The molecule has 0 bridgehead atoms. The smallest absolute Gasteiger partial charge is 0.221 e. The first-order valence-electron chi connectivity index (χ1n) is 9.45. The van der Waals surface area contributed by atoms with Crippen LogP contribution in [0, 0.1) is 6.92 Å². The standard InChI is InChI=1S/C21H28N4OS/c1-17-3-6-19(7-4-17)27-14-9-21(26)23-16-18-5-8-20(22-15-18)25-12-10-24(2)11-13-25/h3-8,15H,9-14,16H2,1-2H3,(H,23,26). The summed E-state index contributed by atoms with van der Waals surface area (Å²) in [6.45, 7) is 6.77. The van der Waals surface area contributed by atoms with Crippen LogP contribution in [0.3, 0.4) is 0 Å². The summed E-state index contributed by atoms with van der Waals surface area (Å²) in [7, 11) is 2.15. The first-order valence-corrected chi connectivity index (χ1v) is 10.4.